The Morgan fingerprint density at radius 2 is 1.09 bits per heavy atom. The number of nitrogens with one attached hydrogen (secondary N) is 4. The van der Waals surface area contributed by atoms with Crippen molar-refractivity contribution in [1.82, 2.24) is 21.3 Å². The van der Waals surface area contributed by atoms with Gasteiger partial charge < -0.3 is 21.3 Å². The maximum Gasteiger partial charge on any atom is 0.315 e. The molecular formula is C24H30Cl2N4O2. The lowest BCUT2D eigenvalue weighted by molar-refractivity contribution is 0.221. The van der Waals surface area contributed by atoms with Gasteiger partial charge in [-0.1, -0.05) is 53.9 Å². The first-order chi connectivity index (χ1) is 15.5. The van der Waals surface area contributed by atoms with E-state index in [9.17, 15) is 9.59 Å². The van der Waals surface area contributed by atoms with Crippen LogP contribution in [-0.4, -0.2) is 25.2 Å². The predicted octanol–water partition coefficient (Wildman–Crippen LogP) is 5.10. The van der Waals surface area contributed by atoms with E-state index in [1.165, 1.54) is 0 Å². The molecule has 8 heteroatoms. The molecule has 0 saturated heterocycles. The van der Waals surface area contributed by atoms with Crippen LogP contribution in [0.1, 0.15) is 36.8 Å². The summed E-state index contributed by atoms with van der Waals surface area (Å²) >= 11 is 11.8. The molecule has 32 heavy (non-hydrogen) atoms. The van der Waals surface area contributed by atoms with Crippen LogP contribution in [0, 0.1) is 11.8 Å². The number of benzene rings is 2. The van der Waals surface area contributed by atoms with E-state index in [1.807, 2.05) is 48.5 Å². The molecule has 1 saturated carbocycles. The summed E-state index contributed by atoms with van der Waals surface area (Å²) in [5.41, 5.74) is 2.00. The SMILES string of the molecule is O=C(NCc1ccc(Cl)cc1)NC[C@H]1CCC[C@@H](CNC(=O)NCc2ccc(Cl)cc2)C1. The minimum atomic E-state index is -0.165. The van der Waals surface area contributed by atoms with Crippen molar-refractivity contribution >= 4 is 35.3 Å². The Morgan fingerprint density at radius 1 is 0.688 bits per heavy atom. The molecule has 2 aromatic carbocycles. The van der Waals surface area contributed by atoms with Gasteiger partial charge in [0.15, 0.2) is 0 Å². The normalized spacial score (nSPS) is 17.9. The highest BCUT2D eigenvalue weighted by Gasteiger charge is 2.22. The lowest BCUT2D eigenvalue weighted by atomic mass is 9.81. The van der Waals surface area contributed by atoms with Gasteiger partial charge in [0.2, 0.25) is 0 Å². The van der Waals surface area contributed by atoms with E-state index in [1.54, 1.807) is 0 Å². The number of urea groups is 2. The van der Waals surface area contributed by atoms with Gasteiger partial charge in [-0.15, -0.1) is 0 Å². The van der Waals surface area contributed by atoms with Crippen molar-refractivity contribution in [3.8, 4) is 0 Å². The zero-order valence-electron chi connectivity index (χ0n) is 18.0. The first-order valence-corrected chi connectivity index (χ1v) is 11.8. The molecule has 0 bridgehead atoms. The first kappa shape index (κ1) is 24.2. The van der Waals surface area contributed by atoms with Gasteiger partial charge in [-0.3, -0.25) is 0 Å². The lowest BCUT2D eigenvalue weighted by Crippen LogP contribution is -2.41. The predicted molar refractivity (Wildman–Crippen MR) is 129 cm³/mol. The molecule has 4 N–H and O–H groups in total. The average Bonchev–Trinajstić information content (AvgIpc) is 2.81. The molecule has 1 aliphatic rings. The van der Waals surface area contributed by atoms with Gasteiger partial charge in [0.05, 0.1) is 0 Å². The standard InChI is InChI=1S/C24H30Cl2N4O2/c25-21-8-4-17(5-9-21)13-27-23(31)29-15-19-2-1-3-20(12-19)16-30-24(32)28-14-18-6-10-22(26)11-7-18/h4-11,19-20H,1-3,12-16H2,(H2,27,29,31)(H2,28,30,32)/t19-,20+. The molecule has 6 nitrogen and oxygen atoms in total. The Kier molecular flexibility index (Phi) is 9.50. The molecule has 172 valence electrons. The third-order valence-electron chi connectivity index (χ3n) is 5.73. The zero-order valence-corrected chi connectivity index (χ0v) is 19.5. The van der Waals surface area contributed by atoms with Crippen LogP contribution < -0.4 is 21.3 Å². The molecule has 0 unspecified atom stereocenters. The van der Waals surface area contributed by atoms with Crippen LogP contribution in [0.4, 0.5) is 9.59 Å². The summed E-state index contributed by atoms with van der Waals surface area (Å²) in [6.07, 6.45) is 4.29. The zero-order chi connectivity index (χ0) is 22.8. The van der Waals surface area contributed by atoms with Crippen LogP contribution in [0.25, 0.3) is 0 Å². The van der Waals surface area contributed by atoms with Crippen LogP contribution in [0.15, 0.2) is 48.5 Å². The van der Waals surface area contributed by atoms with Crippen LogP contribution in [0.3, 0.4) is 0 Å². The molecule has 0 radical (unpaired) electrons. The third-order valence-corrected chi connectivity index (χ3v) is 6.23. The summed E-state index contributed by atoms with van der Waals surface area (Å²) in [7, 11) is 0. The molecule has 2 aromatic rings. The minimum Gasteiger partial charge on any atom is -0.338 e. The molecule has 1 fully saturated rings. The summed E-state index contributed by atoms with van der Waals surface area (Å²) in [6.45, 7) is 2.22. The Bertz CT molecular complexity index is 803. The highest BCUT2D eigenvalue weighted by atomic mass is 35.5. The Morgan fingerprint density at radius 3 is 1.50 bits per heavy atom. The van der Waals surface area contributed by atoms with E-state index in [-0.39, 0.29) is 12.1 Å². The average molecular weight is 477 g/mol. The van der Waals surface area contributed by atoms with Gasteiger partial charge in [-0.25, -0.2) is 9.59 Å². The minimum absolute atomic E-state index is 0.165. The van der Waals surface area contributed by atoms with Crippen molar-refractivity contribution in [2.24, 2.45) is 11.8 Å². The molecule has 0 aromatic heterocycles. The van der Waals surface area contributed by atoms with Crippen molar-refractivity contribution in [3.05, 3.63) is 69.7 Å². The van der Waals surface area contributed by atoms with Gasteiger partial charge >= 0.3 is 12.1 Å². The number of carbonyl (C=O) groups is 2. The van der Waals surface area contributed by atoms with Crippen LogP contribution >= 0.6 is 23.2 Å². The van der Waals surface area contributed by atoms with E-state index in [4.69, 9.17) is 23.2 Å². The largest absolute Gasteiger partial charge is 0.338 e. The number of rotatable bonds is 8. The second-order valence-corrected chi connectivity index (χ2v) is 9.15. The third kappa shape index (κ3) is 8.60. The van der Waals surface area contributed by atoms with E-state index >= 15 is 0 Å². The second-order valence-electron chi connectivity index (χ2n) is 8.28. The number of carbonyl (C=O) groups excluding carboxylic acids is 2. The molecule has 2 atom stereocenters. The smallest absolute Gasteiger partial charge is 0.315 e. The van der Waals surface area contributed by atoms with Crippen molar-refractivity contribution in [2.75, 3.05) is 13.1 Å². The molecule has 0 heterocycles. The van der Waals surface area contributed by atoms with E-state index < -0.39 is 0 Å². The van der Waals surface area contributed by atoms with Crippen molar-refractivity contribution in [1.29, 1.82) is 0 Å². The van der Waals surface area contributed by atoms with Gasteiger partial charge in [0.1, 0.15) is 0 Å². The highest BCUT2D eigenvalue weighted by molar-refractivity contribution is 6.30. The van der Waals surface area contributed by atoms with Gasteiger partial charge in [0, 0.05) is 36.2 Å². The molecule has 0 spiro atoms. The van der Waals surface area contributed by atoms with E-state index in [0.717, 1.165) is 36.8 Å². The molecule has 4 amide bonds. The summed E-state index contributed by atoms with van der Waals surface area (Å²) in [5, 5.41) is 13.1. The second kappa shape index (κ2) is 12.6. The fourth-order valence-electron chi connectivity index (χ4n) is 3.94. The molecule has 3 rings (SSSR count). The fraction of sp³-hybridized carbons (Fsp3) is 0.417. The summed E-state index contributed by atoms with van der Waals surface area (Å²) in [6, 6.07) is 14.5. The maximum atomic E-state index is 12.1. The Balaban J connectivity index is 1.30. The van der Waals surface area contributed by atoms with Crippen molar-refractivity contribution in [3.63, 3.8) is 0 Å². The van der Waals surface area contributed by atoms with Crippen LogP contribution in [0.5, 0.6) is 0 Å². The molecule has 1 aliphatic carbocycles. The first-order valence-electron chi connectivity index (χ1n) is 11.0. The number of hydrogen-bond donors (Lipinski definition) is 4. The number of hydrogen-bond acceptors (Lipinski definition) is 2. The fourth-order valence-corrected chi connectivity index (χ4v) is 4.19. The van der Waals surface area contributed by atoms with Crippen LogP contribution in [-0.2, 0) is 13.1 Å². The Labute approximate surface area is 199 Å². The number of amides is 4. The Hall–Kier alpha value is -2.44. The summed E-state index contributed by atoms with van der Waals surface area (Å²) in [5.74, 6) is 0.850. The van der Waals surface area contributed by atoms with Crippen LogP contribution in [0.2, 0.25) is 10.0 Å². The van der Waals surface area contributed by atoms with Gasteiger partial charge in [-0.05, 0) is 66.5 Å². The quantitative estimate of drug-likeness (QED) is 0.427. The number of halogens is 2. The van der Waals surface area contributed by atoms with E-state index in [0.29, 0.717) is 48.1 Å². The van der Waals surface area contributed by atoms with Gasteiger partial charge in [0.25, 0.3) is 0 Å². The van der Waals surface area contributed by atoms with Crippen molar-refractivity contribution in [2.45, 2.75) is 38.8 Å². The summed E-state index contributed by atoms with van der Waals surface area (Å²) in [4.78, 5) is 24.2. The van der Waals surface area contributed by atoms with E-state index in [2.05, 4.69) is 21.3 Å². The van der Waals surface area contributed by atoms with Gasteiger partial charge in [-0.2, -0.15) is 0 Å². The maximum absolute atomic E-state index is 12.1. The topological polar surface area (TPSA) is 82.3 Å². The summed E-state index contributed by atoms with van der Waals surface area (Å²) < 4.78 is 0. The molecule has 0 aliphatic heterocycles. The monoisotopic (exact) mass is 476 g/mol. The highest BCUT2D eigenvalue weighted by Crippen LogP contribution is 2.28. The molecular weight excluding hydrogens is 447 g/mol. The van der Waals surface area contributed by atoms with Crippen molar-refractivity contribution < 1.29 is 9.59 Å². The lowest BCUT2D eigenvalue weighted by Gasteiger charge is -2.29.